The number of hydrogen-bond donors (Lipinski definition) is 0. The maximum atomic E-state index is 12.3. The number of carbonyl (C=O) groups is 1. The fraction of sp³-hybridized carbons (Fsp3) is 0.0556. The van der Waals surface area contributed by atoms with Crippen LogP contribution in [0.1, 0.15) is 15.9 Å². The summed E-state index contributed by atoms with van der Waals surface area (Å²) in [4.78, 5) is 22.7. The maximum Gasteiger partial charge on any atom is 0.343 e. The van der Waals surface area contributed by atoms with Crippen molar-refractivity contribution in [2.24, 2.45) is 0 Å². The molecule has 0 aliphatic carbocycles. The van der Waals surface area contributed by atoms with E-state index in [1.165, 1.54) is 18.2 Å². The lowest BCUT2D eigenvalue weighted by Crippen LogP contribution is -2.09. The van der Waals surface area contributed by atoms with E-state index in [9.17, 15) is 14.9 Å². The average Bonchev–Trinajstić information content (AvgIpc) is 2.54. The first-order valence-electron chi connectivity index (χ1n) is 7.01. The Morgan fingerprint density at radius 3 is 2.52 bits per heavy atom. The fourth-order valence-corrected chi connectivity index (χ4v) is 2.43. The predicted molar refractivity (Wildman–Crippen MR) is 86.7 cm³/mol. The van der Waals surface area contributed by atoms with Gasteiger partial charge in [-0.2, -0.15) is 0 Å². The number of fused-ring (bicyclic) bond motifs is 1. The molecular weight excluding hydrogens is 294 g/mol. The molecule has 3 aromatic rings. The van der Waals surface area contributed by atoms with Crippen LogP contribution in [0.4, 0.5) is 5.69 Å². The number of carbonyl (C=O) groups excluding carboxylic acids is 1. The van der Waals surface area contributed by atoms with E-state index in [2.05, 4.69) is 0 Å². The van der Waals surface area contributed by atoms with E-state index >= 15 is 0 Å². The Morgan fingerprint density at radius 1 is 1.04 bits per heavy atom. The van der Waals surface area contributed by atoms with Gasteiger partial charge in [-0.3, -0.25) is 10.1 Å². The molecule has 0 N–H and O–H groups in total. The van der Waals surface area contributed by atoms with Crippen LogP contribution in [0, 0.1) is 17.0 Å². The molecular formula is C18H13NO4. The lowest BCUT2D eigenvalue weighted by Gasteiger charge is -2.08. The number of rotatable bonds is 3. The van der Waals surface area contributed by atoms with Crippen molar-refractivity contribution in [1.29, 1.82) is 0 Å². The first-order chi connectivity index (χ1) is 11.1. The van der Waals surface area contributed by atoms with Gasteiger partial charge in [0.1, 0.15) is 5.75 Å². The number of nitrogens with zero attached hydrogens (tertiary/aromatic N) is 1. The van der Waals surface area contributed by atoms with E-state index in [-0.39, 0.29) is 11.3 Å². The van der Waals surface area contributed by atoms with Crippen molar-refractivity contribution in [2.75, 3.05) is 0 Å². The Kier molecular flexibility index (Phi) is 3.76. The molecule has 0 aliphatic heterocycles. The summed E-state index contributed by atoms with van der Waals surface area (Å²) in [5, 5.41) is 12.6. The minimum absolute atomic E-state index is 0.0216. The highest BCUT2D eigenvalue weighted by atomic mass is 16.6. The van der Waals surface area contributed by atoms with Gasteiger partial charge >= 0.3 is 5.97 Å². The van der Waals surface area contributed by atoms with E-state index < -0.39 is 10.9 Å². The Morgan fingerprint density at radius 2 is 1.78 bits per heavy atom. The average molecular weight is 307 g/mol. The van der Waals surface area contributed by atoms with Gasteiger partial charge in [0.2, 0.25) is 0 Å². The van der Waals surface area contributed by atoms with Crippen LogP contribution < -0.4 is 4.74 Å². The third-order valence-electron chi connectivity index (χ3n) is 3.58. The molecule has 0 fully saturated rings. The van der Waals surface area contributed by atoms with E-state index in [0.29, 0.717) is 11.3 Å². The smallest absolute Gasteiger partial charge is 0.343 e. The van der Waals surface area contributed by atoms with Gasteiger partial charge < -0.3 is 4.74 Å². The largest absolute Gasteiger partial charge is 0.422 e. The maximum absolute atomic E-state index is 12.3. The Labute approximate surface area is 132 Å². The molecule has 5 heteroatoms. The molecule has 0 saturated heterocycles. The SMILES string of the molecule is Cc1cc(C(=O)Oc2cccc3ccccc23)ccc1[N+](=O)[O-]. The third-order valence-corrected chi connectivity index (χ3v) is 3.58. The lowest BCUT2D eigenvalue weighted by molar-refractivity contribution is -0.385. The fourth-order valence-electron chi connectivity index (χ4n) is 2.43. The van der Waals surface area contributed by atoms with Crippen molar-refractivity contribution < 1.29 is 14.5 Å². The topological polar surface area (TPSA) is 69.4 Å². The van der Waals surface area contributed by atoms with Crippen molar-refractivity contribution >= 4 is 22.4 Å². The van der Waals surface area contributed by atoms with Crippen molar-refractivity contribution in [3.63, 3.8) is 0 Å². The molecule has 0 unspecified atom stereocenters. The van der Waals surface area contributed by atoms with Crippen molar-refractivity contribution in [3.8, 4) is 5.75 Å². The number of benzene rings is 3. The molecule has 3 aromatic carbocycles. The summed E-state index contributed by atoms with van der Waals surface area (Å²) in [5.41, 5.74) is 0.676. The molecule has 0 atom stereocenters. The first-order valence-corrected chi connectivity index (χ1v) is 7.01. The van der Waals surface area contributed by atoms with Crippen molar-refractivity contribution in [1.82, 2.24) is 0 Å². The van der Waals surface area contributed by atoms with Crippen LogP contribution in [-0.4, -0.2) is 10.9 Å². The van der Waals surface area contributed by atoms with E-state index in [0.717, 1.165) is 10.8 Å². The molecule has 0 spiro atoms. The molecule has 0 amide bonds. The molecule has 0 radical (unpaired) electrons. The van der Waals surface area contributed by atoms with Crippen LogP contribution >= 0.6 is 0 Å². The minimum atomic E-state index is -0.542. The third kappa shape index (κ3) is 2.89. The summed E-state index contributed by atoms with van der Waals surface area (Å²) in [5.74, 6) is -0.0801. The van der Waals surface area contributed by atoms with Gasteiger partial charge in [-0.05, 0) is 30.5 Å². The zero-order valence-corrected chi connectivity index (χ0v) is 12.4. The van der Waals surface area contributed by atoms with Crippen LogP contribution in [0.5, 0.6) is 5.75 Å². The van der Waals surface area contributed by atoms with Crippen LogP contribution in [0.2, 0.25) is 0 Å². The summed E-state index contributed by atoms with van der Waals surface area (Å²) in [6.45, 7) is 1.59. The summed E-state index contributed by atoms with van der Waals surface area (Å²) in [7, 11) is 0. The van der Waals surface area contributed by atoms with Gasteiger partial charge in [0.05, 0.1) is 10.5 Å². The van der Waals surface area contributed by atoms with Crippen molar-refractivity contribution in [3.05, 3.63) is 81.9 Å². The van der Waals surface area contributed by atoms with Gasteiger partial charge in [-0.25, -0.2) is 4.79 Å². The predicted octanol–water partition coefficient (Wildman–Crippen LogP) is 4.28. The Balaban J connectivity index is 1.92. The lowest BCUT2D eigenvalue weighted by atomic mass is 10.1. The van der Waals surface area contributed by atoms with E-state index in [4.69, 9.17) is 4.74 Å². The normalized spacial score (nSPS) is 10.5. The number of ether oxygens (including phenoxy) is 1. The highest BCUT2D eigenvalue weighted by Gasteiger charge is 2.16. The number of esters is 1. The van der Waals surface area contributed by atoms with Crippen LogP contribution in [0.15, 0.2) is 60.7 Å². The second kappa shape index (κ2) is 5.88. The minimum Gasteiger partial charge on any atom is -0.422 e. The van der Waals surface area contributed by atoms with Gasteiger partial charge in [-0.1, -0.05) is 36.4 Å². The number of aryl methyl sites for hydroxylation is 1. The number of hydrogen-bond acceptors (Lipinski definition) is 4. The van der Waals surface area contributed by atoms with E-state index in [1.807, 2.05) is 36.4 Å². The zero-order chi connectivity index (χ0) is 16.4. The summed E-state index contributed by atoms with van der Waals surface area (Å²) in [6.07, 6.45) is 0. The highest BCUT2D eigenvalue weighted by molar-refractivity contribution is 5.95. The molecule has 0 aromatic heterocycles. The van der Waals surface area contributed by atoms with Crippen LogP contribution in [-0.2, 0) is 0 Å². The zero-order valence-electron chi connectivity index (χ0n) is 12.4. The molecule has 0 heterocycles. The standard InChI is InChI=1S/C18H13NO4/c1-12-11-14(9-10-16(12)19(21)22)18(20)23-17-8-4-6-13-5-2-3-7-15(13)17/h2-11H,1H3. The second-order valence-electron chi connectivity index (χ2n) is 5.13. The second-order valence-corrected chi connectivity index (χ2v) is 5.13. The van der Waals surface area contributed by atoms with Gasteiger partial charge in [0.15, 0.2) is 0 Å². The first kappa shape index (κ1) is 14.7. The molecule has 23 heavy (non-hydrogen) atoms. The van der Waals surface area contributed by atoms with Gasteiger partial charge in [0.25, 0.3) is 5.69 Å². The van der Waals surface area contributed by atoms with Crippen molar-refractivity contribution in [2.45, 2.75) is 6.92 Å². The Bertz CT molecular complexity index is 913. The molecule has 0 saturated carbocycles. The summed E-state index contributed by atoms with van der Waals surface area (Å²) >= 11 is 0. The van der Waals surface area contributed by atoms with Gasteiger partial charge in [-0.15, -0.1) is 0 Å². The molecule has 3 rings (SSSR count). The summed E-state index contributed by atoms with van der Waals surface area (Å²) in [6, 6.07) is 17.2. The van der Waals surface area contributed by atoms with Gasteiger partial charge in [0, 0.05) is 17.0 Å². The molecule has 114 valence electrons. The number of nitro groups is 1. The molecule has 0 aliphatic rings. The Hall–Kier alpha value is -3.21. The summed E-state index contributed by atoms with van der Waals surface area (Å²) < 4.78 is 5.46. The van der Waals surface area contributed by atoms with Crippen LogP contribution in [0.25, 0.3) is 10.8 Å². The quantitative estimate of drug-likeness (QED) is 0.313. The molecule has 5 nitrogen and oxygen atoms in total. The molecule has 0 bridgehead atoms. The number of nitro benzene ring substituents is 1. The monoisotopic (exact) mass is 307 g/mol. The van der Waals surface area contributed by atoms with Crippen LogP contribution in [0.3, 0.4) is 0 Å². The van der Waals surface area contributed by atoms with E-state index in [1.54, 1.807) is 13.0 Å². The highest BCUT2D eigenvalue weighted by Crippen LogP contribution is 2.26.